The van der Waals surface area contributed by atoms with Crippen molar-refractivity contribution >= 4 is 23.2 Å². The zero-order valence-electron chi connectivity index (χ0n) is 11.6. The Kier molecular flexibility index (Phi) is 4.56. The number of hydrogen-bond acceptors (Lipinski definition) is 2. The number of benzene rings is 1. The molecule has 0 aliphatic heterocycles. The normalized spacial score (nSPS) is 20.4. The molecule has 1 aromatic rings. The van der Waals surface area contributed by atoms with Crippen LogP contribution in [0.25, 0.3) is 0 Å². The highest BCUT2D eigenvalue weighted by atomic mass is 35.5. The van der Waals surface area contributed by atoms with Crippen molar-refractivity contribution in [2.24, 2.45) is 23.5 Å². The van der Waals surface area contributed by atoms with Gasteiger partial charge in [0.05, 0.1) is 10.0 Å². The molecule has 2 nitrogen and oxygen atoms in total. The van der Waals surface area contributed by atoms with Crippen LogP contribution >= 0.6 is 23.2 Å². The number of nitrogens with two attached hydrogens (primary N) is 1. The van der Waals surface area contributed by atoms with Crippen LogP contribution in [0.1, 0.15) is 37.3 Å². The Morgan fingerprint density at radius 3 is 2.25 bits per heavy atom. The Labute approximate surface area is 131 Å². The van der Waals surface area contributed by atoms with Gasteiger partial charge in [0.25, 0.3) is 0 Å². The molecule has 2 aliphatic carbocycles. The topological polar surface area (TPSA) is 38.0 Å². The first-order valence-corrected chi connectivity index (χ1v) is 8.33. The van der Waals surface area contributed by atoms with E-state index in [-0.39, 0.29) is 6.04 Å². The van der Waals surface area contributed by atoms with Crippen LogP contribution in [0.2, 0.25) is 10.0 Å². The zero-order chi connectivity index (χ0) is 14.1. The standard InChI is InChI=1S/C16H22Cl2N2/c17-14-6-5-12(7-15(14)18)16(8-19)20-9-13(10-1-2-10)11-3-4-11/h5-7,10-11,13,16,20H,1-4,8-9,19H2. The lowest BCUT2D eigenvalue weighted by Crippen LogP contribution is -2.33. The number of nitrogens with one attached hydrogen (secondary N) is 1. The van der Waals surface area contributed by atoms with Crippen LogP contribution in [0.3, 0.4) is 0 Å². The molecule has 0 spiro atoms. The van der Waals surface area contributed by atoms with Crippen LogP contribution in [-0.4, -0.2) is 13.1 Å². The summed E-state index contributed by atoms with van der Waals surface area (Å²) < 4.78 is 0. The van der Waals surface area contributed by atoms with E-state index in [0.717, 1.165) is 29.9 Å². The van der Waals surface area contributed by atoms with Crippen molar-refractivity contribution in [1.29, 1.82) is 0 Å². The van der Waals surface area contributed by atoms with E-state index in [1.165, 1.54) is 25.7 Å². The third kappa shape index (κ3) is 3.48. The van der Waals surface area contributed by atoms with Crippen LogP contribution < -0.4 is 11.1 Å². The highest BCUT2D eigenvalue weighted by molar-refractivity contribution is 6.42. The quantitative estimate of drug-likeness (QED) is 0.798. The lowest BCUT2D eigenvalue weighted by molar-refractivity contribution is 0.357. The molecule has 20 heavy (non-hydrogen) atoms. The molecule has 0 heterocycles. The molecule has 3 N–H and O–H groups in total. The summed E-state index contributed by atoms with van der Waals surface area (Å²) in [5.74, 6) is 2.77. The minimum absolute atomic E-state index is 0.171. The molecule has 1 unspecified atom stereocenters. The minimum Gasteiger partial charge on any atom is -0.329 e. The van der Waals surface area contributed by atoms with Crippen molar-refractivity contribution in [3.05, 3.63) is 33.8 Å². The molecule has 0 amide bonds. The zero-order valence-corrected chi connectivity index (χ0v) is 13.1. The van der Waals surface area contributed by atoms with Gasteiger partial charge < -0.3 is 11.1 Å². The van der Waals surface area contributed by atoms with Crippen molar-refractivity contribution in [2.75, 3.05) is 13.1 Å². The van der Waals surface area contributed by atoms with Crippen LogP contribution in [0.5, 0.6) is 0 Å². The Morgan fingerprint density at radius 1 is 1.10 bits per heavy atom. The largest absolute Gasteiger partial charge is 0.329 e. The fraction of sp³-hybridized carbons (Fsp3) is 0.625. The maximum absolute atomic E-state index is 6.10. The Bertz CT molecular complexity index is 458. The molecule has 4 heteroatoms. The van der Waals surface area contributed by atoms with Gasteiger partial charge in [0.15, 0.2) is 0 Å². The average molecular weight is 313 g/mol. The van der Waals surface area contributed by atoms with Gasteiger partial charge in [-0.15, -0.1) is 0 Å². The molecule has 1 aromatic carbocycles. The number of hydrogen-bond donors (Lipinski definition) is 2. The van der Waals surface area contributed by atoms with Gasteiger partial charge in [0.1, 0.15) is 0 Å². The summed E-state index contributed by atoms with van der Waals surface area (Å²) in [6.07, 6.45) is 5.68. The summed E-state index contributed by atoms with van der Waals surface area (Å²) >= 11 is 12.1. The van der Waals surface area contributed by atoms with Crippen molar-refractivity contribution in [2.45, 2.75) is 31.7 Å². The first kappa shape index (κ1) is 14.6. The first-order valence-electron chi connectivity index (χ1n) is 7.57. The summed E-state index contributed by atoms with van der Waals surface area (Å²) in [4.78, 5) is 0. The maximum Gasteiger partial charge on any atom is 0.0595 e. The van der Waals surface area contributed by atoms with Crippen molar-refractivity contribution in [1.82, 2.24) is 5.32 Å². The molecule has 110 valence electrons. The third-order valence-corrected chi connectivity index (χ3v) is 5.38. The molecule has 0 saturated heterocycles. The molecule has 3 rings (SSSR count). The molecule has 2 aliphatic rings. The Hall–Kier alpha value is -0.280. The average Bonchev–Trinajstić information content (AvgIpc) is 3.31. The highest BCUT2D eigenvalue weighted by Crippen LogP contribution is 2.49. The molecule has 2 fully saturated rings. The number of rotatable bonds is 7. The van der Waals surface area contributed by atoms with Gasteiger partial charge in [0, 0.05) is 12.6 Å². The lowest BCUT2D eigenvalue weighted by atomic mass is 9.97. The maximum atomic E-state index is 6.10. The SMILES string of the molecule is NCC(NCC(C1CC1)C1CC1)c1ccc(Cl)c(Cl)c1. The van der Waals surface area contributed by atoms with Gasteiger partial charge in [-0.25, -0.2) is 0 Å². The summed E-state index contributed by atoms with van der Waals surface area (Å²) in [5.41, 5.74) is 7.06. The van der Waals surface area contributed by atoms with Crippen LogP contribution in [-0.2, 0) is 0 Å². The van der Waals surface area contributed by atoms with E-state index in [1.54, 1.807) is 0 Å². The molecule has 0 bridgehead atoms. The molecular weight excluding hydrogens is 291 g/mol. The van der Waals surface area contributed by atoms with Gasteiger partial charge in [-0.1, -0.05) is 29.3 Å². The molecule has 1 atom stereocenters. The number of halogens is 2. The van der Waals surface area contributed by atoms with E-state index in [2.05, 4.69) is 5.32 Å². The second kappa shape index (κ2) is 6.23. The van der Waals surface area contributed by atoms with Crippen molar-refractivity contribution < 1.29 is 0 Å². The lowest BCUT2D eigenvalue weighted by Gasteiger charge is -2.22. The predicted molar refractivity (Wildman–Crippen MR) is 85.2 cm³/mol. The second-order valence-electron chi connectivity index (χ2n) is 6.21. The van der Waals surface area contributed by atoms with E-state index in [9.17, 15) is 0 Å². The minimum atomic E-state index is 0.171. The van der Waals surface area contributed by atoms with Gasteiger partial charge >= 0.3 is 0 Å². The van der Waals surface area contributed by atoms with Crippen LogP contribution in [0, 0.1) is 17.8 Å². The van der Waals surface area contributed by atoms with Gasteiger partial charge in [-0.05, 0) is 67.7 Å². The van der Waals surface area contributed by atoms with Gasteiger partial charge in [-0.3, -0.25) is 0 Å². The third-order valence-electron chi connectivity index (χ3n) is 4.64. The van der Waals surface area contributed by atoms with E-state index in [0.29, 0.717) is 16.6 Å². The predicted octanol–water partition coefficient (Wildman–Crippen LogP) is 4.02. The molecule has 0 aromatic heterocycles. The van der Waals surface area contributed by atoms with Crippen LogP contribution in [0.15, 0.2) is 18.2 Å². The second-order valence-corrected chi connectivity index (χ2v) is 7.02. The fourth-order valence-electron chi connectivity index (χ4n) is 3.11. The Balaban J connectivity index is 1.62. The van der Waals surface area contributed by atoms with Gasteiger partial charge in [0.2, 0.25) is 0 Å². The van der Waals surface area contributed by atoms with Gasteiger partial charge in [-0.2, -0.15) is 0 Å². The summed E-state index contributed by atoms with van der Waals surface area (Å²) in [7, 11) is 0. The highest BCUT2D eigenvalue weighted by Gasteiger charge is 2.41. The van der Waals surface area contributed by atoms with Crippen molar-refractivity contribution in [3.8, 4) is 0 Å². The molecule has 0 radical (unpaired) electrons. The van der Waals surface area contributed by atoms with Crippen LogP contribution in [0.4, 0.5) is 0 Å². The Morgan fingerprint density at radius 2 is 1.75 bits per heavy atom. The van der Waals surface area contributed by atoms with E-state index in [4.69, 9.17) is 28.9 Å². The summed E-state index contributed by atoms with van der Waals surface area (Å²) in [6.45, 7) is 1.66. The molecular formula is C16H22Cl2N2. The van der Waals surface area contributed by atoms with E-state index in [1.807, 2.05) is 18.2 Å². The fourth-order valence-corrected chi connectivity index (χ4v) is 3.42. The summed E-state index contributed by atoms with van der Waals surface area (Å²) in [6, 6.07) is 5.97. The summed E-state index contributed by atoms with van der Waals surface area (Å²) in [5, 5.41) is 4.85. The molecule has 2 saturated carbocycles. The van der Waals surface area contributed by atoms with E-state index >= 15 is 0 Å². The smallest absolute Gasteiger partial charge is 0.0595 e. The monoisotopic (exact) mass is 312 g/mol. The van der Waals surface area contributed by atoms with E-state index < -0.39 is 0 Å². The van der Waals surface area contributed by atoms with Crippen molar-refractivity contribution in [3.63, 3.8) is 0 Å². The first-order chi connectivity index (χ1) is 9.69.